The lowest BCUT2D eigenvalue weighted by molar-refractivity contribution is 0.679. The largest absolute Gasteiger partial charge is 0.313 e. The van der Waals surface area contributed by atoms with E-state index in [9.17, 15) is 0 Å². The Balaban J connectivity index is 2.15. The minimum atomic E-state index is 0.802. The predicted molar refractivity (Wildman–Crippen MR) is 66.2 cm³/mol. The Morgan fingerprint density at radius 3 is 2.64 bits per heavy atom. The summed E-state index contributed by atoms with van der Waals surface area (Å²) in [4.78, 5) is 0. The lowest BCUT2D eigenvalue weighted by Crippen LogP contribution is -2.15. The summed E-state index contributed by atoms with van der Waals surface area (Å²) in [7, 11) is 0. The van der Waals surface area contributed by atoms with Gasteiger partial charge in [-0.05, 0) is 42.7 Å². The van der Waals surface area contributed by atoms with Gasteiger partial charge < -0.3 is 5.32 Å². The number of hydrogen-bond acceptors (Lipinski definition) is 2. The SMILES string of the molecule is CSCCCNCc1ccc(Cl)cc1. The van der Waals surface area contributed by atoms with E-state index in [1.54, 1.807) is 0 Å². The van der Waals surface area contributed by atoms with Gasteiger partial charge in [0.05, 0.1) is 0 Å². The molecule has 0 spiro atoms. The number of halogens is 1. The molecule has 0 radical (unpaired) electrons. The molecule has 78 valence electrons. The van der Waals surface area contributed by atoms with Gasteiger partial charge in [0.15, 0.2) is 0 Å². The summed E-state index contributed by atoms with van der Waals surface area (Å²) in [6.07, 6.45) is 3.37. The summed E-state index contributed by atoms with van der Waals surface area (Å²) in [5.41, 5.74) is 1.29. The molecule has 0 fully saturated rings. The van der Waals surface area contributed by atoms with Crippen LogP contribution in [-0.4, -0.2) is 18.6 Å². The molecular weight excluding hydrogens is 214 g/mol. The van der Waals surface area contributed by atoms with E-state index in [0.29, 0.717) is 0 Å². The molecule has 0 aliphatic rings. The molecule has 0 amide bonds. The van der Waals surface area contributed by atoms with E-state index in [4.69, 9.17) is 11.6 Å². The summed E-state index contributed by atoms with van der Waals surface area (Å²) >= 11 is 7.68. The maximum atomic E-state index is 5.79. The predicted octanol–water partition coefficient (Wildman–Crippen LogP) is 3.18. The van der Waals surface area contributed by atoms with Crippen LogP contribution in [0.15, 0.2) is 24.3 Å². The van der Waals surface area contributed by atoms with Crippen molar-refractivity contribution in [3.05, 3.63) is 34.9 Å². The number of nitrogens with one attached hydrogen (secondary N) is 1. The zero-order chi connectivity index (χ0) is 10.2. The van der Waals surface area contributed by atoms with E-state index < -0.39 is 0 Å². The number of benzene rings is 1. The monoisotopic (exact) mass is 229 g/mol. The standard InChI is InChI=1S/C11H16ClNS/c1-14-8-2-7-13-9-10-3-5-11(12)6-4-10/h3-6,13H,2,7-9H2,1H3. The molecule has 1 aromatic carbocycles. The van der Waals surface area contributed by atoms with Crippen molar-refractivity contribution >= 4 is 23.4 Å². The topological polar surface area (TPSA) is 12.0 Å². The first kappa shape index (κ1) is 11.9. The molecule has 14 heavy (non-hydrogen) atoms. The molecule has 1 rings (SSSR count). The molecule has 0 bridgehead atoms. The number of thioether (sulfide) groups is 1. The van der Waals surface area contributed by atoms with Gasteiger partial charge in [-0.2, -0.15) is 11.8 Å². The molecule has 0 unspecified atom stereocenters. The summed E-state index contributed by atoms with van der Waals surface area (Å²) < 4.78 is 0. The van der Waals surface area contributed by atoms with Crippen molar-refractivity contribution in [2.75, 3.05) is 18.6 Å². The first-order chi connectivity index (χ1) is 6.83. The minimum absolute atomic E-state index is 0.802. The smallest absolute Gasteiger partial charge is 0.0406 e. The molecule has 1 nitrogen and oxygen atoms in total. The molecule has 0 aromatic heterocycles. The summed E-state index contributed by atoms with van der Waals surface area (Å²) in [6.45, 7) is 2.02. The van der Waals surface area contributed by atoms with Gasteiger partial charge in [0.1, 0.15) is 0 Å². The van der Waals surface area contributed by atoms with E-state index >= 15 is 0 Å². The van der Waals surface area contributed by atoms with Gasteiger partial charge in [-0.3, -0.25) is 0 Å². The van der Waals surface area contributed by atoms with Crippen LogP contribution < -0.4 is 5.32 Å². The Morgan fingerprint density at radius 1 is 1.29 bits per heavy atom. The Labute approximate surface area is 95.2 Å². The van der Waals surface area contributed by atoms with Crippen LogP contribution in [0.5, 0.6) is 0 Å². The fraction of sp³-hybridized carbons (Fsp3) is 0.455. The van der Waals surface area contributed by atoms with Crippen LogP contribution in [0, 0.1) is 0 Å². The lowest BCUT2D eigenvalue weighted by Gasteiger charge is -2.04. The van der Waals surface area contributed by atoms with Gasteiger partial charge in [0.25, 0.3) is 0 Å². The van der Waals surface area contributed by atoms with Crippen LogP contribution in [0.4, 0.5) is 0 Å². The molecule has 0 saturated carbocycles. The number of rotatable bonds is 6. The van der Waals surface area contributed by atoms with Gasteiger partial charge in [-0.15, -0.1) is 0 Å². The van der Waals surface area contributed by atoms with Crippen molar-refractivity contribution < 1.29 is 0 Å². The maximum absolute atomic E-state index is 5.79. The maximum Gasteiger partial charge on any atom is 0.0406 e. The molecule has 0 aliphatic carbocycles. The molecule has 3 heteroatoms. The van der Waals surface area contributed by atoms with E-state index in [1.807, 2.05) is 23.9 Å². The first-order valence-electron chi connectivity index (χ1n) is 4.77. The van der Waals surface area contributed by atoms with E-state index in [0.717, 1.165) is 18.1 Å². The van der Waals surface area contributed by atoms with Crippen molar-refractivity contribution in [2.45, 2.75) is 13.0 Å². The van der Waals surface area contributed by atoms with Gasteiger partial charge in [0, 0.05) is 11.6 Å². The van der Waals surface area contributed by atoms with Crippen molar-refractivity contribution in [3.8, 4) is 0 Å². The van der Waals surface area contributed by atoms with Gasteiger partial charge in [-0.25, -0.2) is 0 Å². The molecular formula is C11H16ClNS. The van der Waals surface area contributed by atoms with Crippen LogP contribution in [-0.2, 0) is 6.54 Å². The van der Waals surface area contributed by atoms with Crippen molar-refractivity contribution in [1.29, 1.82) is 0 Å². The normalized spacial score (nSPS) is 10.4. The van der Waals surface area contributed by atoms with Gasteiger partial charge in [-0.1, -0.05) is 23.7 Å². The summed E-state index contributed by atoms with van der Waals surface area (Å²) in [6, 6.07) is 7.98. The van der Waals surface area contributed by atoms with E-state index in [2.05, 4.69) is 23.7 Å². The molecule has 1 N–H and O–H groups in total. The average Bonchev–Trinajstić information content (AvgIpc) is 2.21. The Morgan fingerprint density at radius 2 is 2.00 bits per heavy atom. The Kier molecular flexibility index (Phi) is 6.08. The van der Waals surface area contributed by atoms with Crippen LogP contribution >= 0.6 is 23.4 Å². The van der Waals surface area contributed by atoms with Crippen LogP contribution in [0.2, 0.25) is 5.02 Å². The lowest BCUT2D eigenvalue weighted by atomic mass is 10.2. The Hall–Kier alpha value is -0.180. The molecule has 0 saturated heterocycles. The quantitative estimate of drug-likeness (QED) is 0.752. The number of hydrogen-bond donors (Lipinski definition) is 1. The second-order valence-electron chi connectivity index (χ2n) is 3.15. The molecule has 0 atom stereocenters. The van der Waals surface area contributed by atoms with Crippen molar-refractivity contribution in [2.24, 2.45) is 0 Å². The third kappa shape index (κ3) is 4.89. The van der Waals surface area contributed by atoms with Gasteiger partial charge in [0.2, 0.25) is 0 Å². The second kappa shape index (κ2) is 7.16. The van der Waals surface area contributed by atoms with Crippen molar-refractivity contribution in [3.63, 3.8) is 0 Å². The Bertz CT molecular complexity index is 248. The highest BCUT2D eigenvalue weighted by atomic mass is 35.5. The molecule has 0 aliphatic heterocycles. The first-order valence-corrected chi connectivity index (χ1v) is 6.54. The van der Waals surface area contributed by atoms with Crippen LogP contribution in [0.25, 0.3) is 0 Å². The van der Waals surface area contributed by atoms with Gasteiger partial charge >= 0.3 is 0 Å². The third-order valence-corrected chi connectivity index (χ3v) is 2.89. The highest BCUT2D eigenvalue weighted by Gasteiger charge is 1.92. The fourth-order valence-electron chi connectivity index (χ4n) is 1.18. The zero-order valence-corrected chi connectivity index (χ0v) is 10.00. The highest BCUT2D eigenvalue weighted by Crippen LogP contribution is 2.09. The van der Waals surface area contributed by atoms with Crippen LogP contribution in [0.3, 0.4) is 0 Å². The summed E-state index contributed by atoms with van der Waals surface area (Å²) in [5.74, 6) is 1.23. The molecule has 0 heterocycles. The van der Waals surface area contributed by atoms with Crippen LogP contribution in [0.1, 0.15) is 12.0 Å². The molecule has 1 aromatic rings. The highest BCUT2D eigenvalue weighted by molar-refractivity contribution is 7.98. The third-order valence-electron chi connectivity index (χ3n) is 1.94. The average molecular weight is 230 g/mol. The fourth-order valence-corrected chi connectivity index (χ4v) is 1.74. The zero-order valence-electron chi connectivity index (χ0n) is 8.42. The summed E-state index contributed by atoms with van der Waals surface area (Å²) in [5, 5.41) is 4.20. The second-order valence-corrected chi connectivity index (χ2v) is 4.57. The minimum Gasteiger partial charge on any atom is -0.313 e. The van der Waals surface area contributed by atoms with E-state index in [1.165, 1.54) is 17.7 Å². The van der Waals surface area contributed by atoms with E-state index in [-0.39, 0.29) is 0 Å². The van der Waals surface area contributed by atoms with Crippen molar-refractivity contribution in [1.82, 2.24) is 5.32 Å².